The molecule has 3 atom stereocenters. The number of piperazine rings is 1. The third-order valence-electron chi connectivity index (χ3n) is 7.42. The van der Waals surface area contributed by atoms with Crippen LogP contribution in [0.15, 0.2) is 36.4 Å². The van der Waals surface area contributed by atoms with Gasteiger partial charge in [-0.15, -0.1) is 0 Å². The minimum atomic E-state index is -0.468. The highest BCUT2D eigenvalue weighted by Crippen LogP contribution is 2.50. The lowest BCUT2D eigenvalue weighted by atomic mass is 9.79. The highest BCUT2D eigenvalue weighted by Gasteiger charge is 2.47. The summed E-state index contributed by atoms with van der Waals surface area (Å²) in [6, 6.07) is 11.6. The molecular weight excluding hydrogens is 428 g/mol. The number of aromatic nitrogens is 1. The molecule has 3 heterocycles. The van der Waals surface area contributed by atoms with Crippen molar-refractivity contribution in [3.05, 3.63) is 53.2 Å². The molecule has 1 unspecified atom stereocenters. The smallest absolute Gasteiger partial charge is 0.248 e. The quantitative estimate of drug-likeness (QED) is 0.610. The van der Waals surface area contributed by atoms with Crippen LogP contribution >= 0.6 is 0 Å². The van der Waals surface area contributed by atoms with Crippen LogP contribution in [0.25, 0.3) is 0 Å². The van der Waals surface area contributed by atoms with E-state index >= 15 is 0 Å². The number of primary amides is 1. The van der Waals surface area contributed by atoms with Crippen LogP contribution in [0.5, 0.6) is 0 Å². The van der Waals surface area contributed by atoms with Gasteiger partial charge >= 0.3 is 0 Å². The third kappa shape index (κ3) is 4.52. The Hall–Kier alpha value is -2.97. The normalized spacial score (nSPS) is 25.0. The second-order valence-electron chi connectivity index (χ2n) is 9.88. The molecule has 0 bridgehead atoms. The van der Waals surface area contributed by atoms with Crippen LogP contribution in [0.3, 0.4) is 0 Å². The Labute approximate surface area is 200 Å². The number of nitrogens with one attached hydrogen (secondary N) is 2. The summed E-state index contributed by atoms with van der Waals surface area (Å²) in [7, 11) is 0. The zero-order valence-electron chi connectivity index (χ0n) is 20.0. The molecular formula is C26H34N6O2. The first-order valence-corrected chi connectivity index (χ1v) is 12.3. The summed E-state index contributed by atoms with van der Waals surface area (Å²) in [5.41, 5.74) is 8.87. The molecule has 180 valence electrons. The number of anilines is 2. The standard InChI is InChI=1S/C26H34N6O2/c1-16-24(30-23-5-3-4-20(29-23)15-31-12-10-28-11-13-31)21-14-19(26(27)34)8-9-22(21)32(17(2)33)25(16)18-6-7-18/h3-5,8-9,14,16,18,24-25,28H,6-7,10-13,15H2,1-2H3,(H2,27,34)(H,29,30)/t16-,24-,25?/m1/s1. The molecule has 1 aliphatic carbocycles. The lowest BCUT2D eigenvalue weighted by Crippen LogP contribution is -2.51. The molecule has 3 aliphatic rings. The summed E-state index contributed by atoms with van der Waals surface area (Å²) in [5, 5.41) is 7.06. The Morgan fingerprint density at radius 1 is 1.18 bits per heavy atom. The molecule has 1 aromatic carbocycles. The van der Waals surface area contributed by atoms with Crippen molar-refractivity contribution in [1.29, 1.82) is 0 Å². The van der Waals surface area contributed by atoms with E-state index in [0.717, 1.165) is 68.3 Å². The topological polar surface area (TPSA) is 104 Å². The first-order chi connectivity index (χ1) is 16.4. The number of carbonyl (C=O) groups excluding carboxylic acids is 2. The summed E-state index contributed by atoms with van der Waals surface area (Å²) < 4.78 is 0. The van der Waals surface area contributed by atoms with Gasteiger partial charge in [-0.05, 0) is 54.7 Å². The van der Waals surface area contributed by atoms with Gasteiger partial charge in [0.2, 0.25) is 11.8 Å². The third-order valence-corrected chi connectivity index (χ3v) is 7.42. The number of carbonyl (C=O) groups is 2. The second kappa shape index (κ2) is 9.35. The van der Waals surface area contributed by atoms with E-state index in [9.17, 15) is 9.59 Å². The molecule has 0 spiro atoms. The van der Waals surface area contributed by atoms with Crippen molar-refractivity contribution < 1.29 is 9.59 Å². The maximum atomic E-state index is 12.8. The summed E-state index contributed by atoms with van der Waals surface area (Å²) in [5.74, 6) is 1.02. The van der Waals surface area contributed by atoms with E-state index in [2.05, 4.69) is 28.5 Å². The number of rotatable bonds is 6. The van der Waals surface area contributed by atoms with Crippen molar-refractivity contribution in [3.8, 4) is 0 Å². The fourth-order valence-corrected chi connectivity index (χ4v) is 5.62. The second-order valence-corrected chi connectivity index (χ2v) is 9.88. The number of nitrogens with zero attached hydrogens (tertiary/aromatic N) is 3. The largest absolute Gasteiger partial charge is 0.366 e. The molecule has 1 aromatic heterocycles. The van der Waals surface area contributed by atoms with E-state index in [0.29, 0.717) is 11.5 Å². The molecule has 2 aliphatic heterocycles. The van der Waals surface area contributed by atoms with Gasteiger partial charge in [0.05, 0.1) is 11.7 Å². The van der Waals surface area contributed by atoms with Crippen LogP contribution in [0.1, 0.15) is 54.3 Å². The lowest BCUT2D eigenvalue weighted by Gasteiger charge is -2.46. The summed E-state index contributed by atoms with van der Waals surface area (Å²) >= 11 is 0. The highest BCUT2D eigenvalue weighted by molar-refractivity contribution is 5.97. The van der Waals surface area contributed by atoms with Crippen molar-refractivity contribution in [2.75, 3.05) is 36.4 Å². The van der Waals surface area contributed by atoms with E-state index in [1.165, 1.54) is 0 Å². The van der Waals surface area contributed by atoms with E-state index in [4.69, 9.17) is 10.7 Å². The number of benzene rings is 1. The Kier molecular flexibility index (Phi) is 6.27. The van der Waals surface area contributed by atoms with Gasteiger partial charge in [-0.25, -0.2) is 4.98 Å². The van der Waals surface area contributed by atoms with Crippen LogP contribution in [0.2, 0.25) is 0 Å². The predicted octanol–water partition coefficient (Wildman–Crippen LogP) is 2.52. The Morgan fingerprint density at radius 2 is 1.94 bits per heavy atom. The van der Waals surface area contributed by atoms with E-state index < -0.39 is 5.91 Å². The van der Waals surface area contributed by atoms with E-state index in [-0.39, 0.29) is 23.9 Å². The van der Waals surface area contributed by atoms with Gasteiger partial charge in [-0.3, -0.25) is 14.5 Å². The first-order valence-electron chi connectivity index (χ1n) is 12.3. The summed E-state index contributed by atoms with van der Waals surface area (Å²) in [6.45, 7) is 8.70. The van der Waals surface area contributed by atoms with Crippen molar-refractivity contribution in [1.82, 2.24) is 15.2 Å². The minimum absolute atomic E-state index is 0.0337. The van der Waals surface area contributed by atoms with Gasteiger partial charge in [0.25, 0.3) is 0 Å². The van der Waals surface area contributed by atoms with Crippen molar-refractivity contribution >= 4 is 23.3 Å². The Bertz CT molecular complexity index is 1080. The van der Waals surface area contributed by atoms with Crippen LogP contribution in [-0.2, 0) is 11.3 Å². The SMILES string of the molecule is CC(=O)N1c2ccc(C(N)=O)cc2[C@H](Nc2cccc(CN3CCNCC3)n2)[C@@H](C)C1C1CC1. The van der Waals surface area contributed by atoms with Gasteiger partial charge in [-0.2, -0.15) is 0 Å². The number of amides is 2. The van der Waals surface area contributed by atoms with E-state index in [1.54, 1.807) is 13.0 Å². The first kappa shape index (κ1) is 22.8. The molecule has 2 fully saturated rings. The maximum Gasteiger partial charge on any atom is 0.248 e. The molecule has 0 radical (unpaired) electrons. The Morgan fingerprint density at radius 3 is 2.62 bits per heavy atom. The van der Waals surface area contributed by atoms with Gasteiger partial charge in [0.15, 0.2) is 0 Å². The molecule has 1 saturated heterocycles. The molecule has 34 heavy (non-hydrogen) atoms. The van der Waals surface area contributed by atoms with Crippen molar-refractivity contribution in [2.24, 2.45) is 17.6 Å². The maximum absolute atomic E-state index is 12.8. The minimum Gasteiger partial charge on any atom is -0.366 e. The number of fused-ring (bicyclic) bond motifs is 1. The molecule has 1 saturated carbocycles. The van der Waals surface area contributed by atoms with Gasteiger partial charge < -0.3 is 21.3 Å². The molecule has 2 aromatic rings. The number of nitrogens with two attached hydrogens (primary N) is 1. The average molecular weight is 463 g/mol. The number of hydrogen-bond acceptors (Lipinski definition) is 6. The molecule has 4 N–H and O–H groups in total. The van der Waals surface area contributed by atoms with Crippen LogP contribution < -0.4 is 21.3 Å². The number of pyridine rings is 1. The fourth-order valence-electron chi connectivity index (χ4n) is 5.62. The summed E-state index contributed by atoms with van der Waals surface area (Å²) in [6.07, 6.45) is 2.28. The molecule has 8 nitrogen and oxygen atoms in total. The van der Waals surface area contributed by atoms with Crippen molar-refractivity contribution in [3.63, 3.8) is 0 Å². The molecule has 2 amide bonds. The average Bonchev–Trinajstić information content (AvgIpc) is 3.66. The highest BCUT2D eigenvalue weighted by atomic mass is 16.2. The lowest BCUT2D eigenvalue weighted by molar-refractivity contribution is -0.117. The zero-order valence-corrected chi connectivity index (χ0v) is 20.0. The van der Waals surface area contributed by atoms with Crippen molar-refractivity contribution in [2.45, 2.75) is 45.3 Å². The van der Waals surface area contributed by atoms with E-state index in [1.807, 2.05) is 29.2 Å². The molecule has 8 heteroatoms. The van der Waals surface area contributed by atoms with Gasteiger partial charge in [-0.1, -0.05) is 13.0 Å². The monoisotopic (exact) mass is 462 g/mol. The summed E-state index contributed by atoms with van der Waals surface area (Å²) in [4.78, 5) is 34.0. The fraction of sp³-hybridized carbons (Fsp3) is 0.500. The number of hydrogen-bond donors (Lipinski definition) is 3. The van der Waals surface area contributed by atoms with Crippen LogP contribution in [0.4, 0.5) is 11.5 Å². The van der Waals surface area contributed by atoms with Crippen LogP contribution in [-0.4, -0.2) is 53.9 Å². The molecule has 5 rings (SSSR count). The van der Waals surface area contributed by atoms with Gasteiger partial charge in [0, 0.05) is 62.9 Å². The zero-order chi connectivity index (χ0) is 23.8. The van der Waals surface area contributed by atoms with Crippen LogP contribution in [0, 0.1) is 11.8 Å². The predicted molar refractivity (Wildman–Crippen MR) is 133 cm³/mol. The Balaban J connectivity index is 1.48. The van der Waals surface area contributed by atoms with Gasteiger partial charge in [0.1, 0.15) is 5.82 Å².